The molecule has 4 aromatic carbocycles. The smallest absolute Gasteiger partial charge is 0.411 e. The monoisotopic (exact) mass is 551 g/mol. The first-order chi connectivity index (χ1) is 19.6. The third kappa shape index (κ3) is 6.01. The van der Waals surface area contributed by atoms with Crippen LogP contribution in [0.15, 0.2) is 78.9 Å². The van der Waals surface area contributed by atoms with Crippen LogP contribution >= 0.6 is 0 Å². The minimum absolute atomic E-state index is 0.186. The lowest BCUT2D eigenvalue weighted by Gasteiger charge is -2.30. The summed E-state index contributed by atoms with van der Waals surface area (Å²) in [6, 6.07) is 24.3. The zero-order chi connectivity index (χ0) is 29.1. The molecule has 1 aliphatic heterocycles. The van der Waals surface area contributed by atoms with Crippen molar-refractivity contribution in [2.45, 2.75) is 39.2 Å². The molecule has 1 saturated heterocycles. The van der Waals surface area contributed by atoms with Gasteiger partial charge in [-0.05, 0) is 57.6 Å². The summed E-state index contributed by atoms with van der Waals surface area (Å²) in [4.78, 5) is 39.0. The average Bonchev–Trinajstić information content (AvgIpc) is 2.95. The summed E-state index contributed by atoms with van der Waals surface area (Å²) in [5, 5.41) is 7.42. The van der Waals surface area contributed by atoms with Crippen LogP contribution in [0.25, 0.3) is 21.9 Å². The lowest BCUT2D eigenvalue weighted by Crippen LogP contribution is -2.50. The molecule has 0 saturated carbocycles. The number of ether oxygens (including phenoxy) is 2. The van der Waals surface area contributed by atoms with Crippen molar-refractivity contribution >= 4 is 40.2 Å². The van der Waals surface area contributed by atoms with Crippen LogP contribution < -0.4 is 20.3 Å². The number of carbonyl (C=O) groups excluding carboxylic acids is 3. The van der Waals surface area contributed by atoms with Gasteiger partial charge in [0, 0.05) is 29.8 Å². The molecule has 0 aliphatic carbocycles. The summed E-state index contributed by atoms with van der Waals surface area (Å²) in [7, 11) is 1.63. The Hall–Kier alpha value is -4.85. The zero-order valence-electron chi connectivity index (χ0n) is 23.6. The number of rotatable bonds is 6. The molecule has 5 rings (SSSR count). The average molecular weight is 552 g/mol. The van der Waals surface area contributed by atoms with Gasteiger partial charge in [-0.3, -0.25) is 10.1 Å². The number of imide groups is 1. The summed E-state index contributed by atoms with van der Waals surface area (Å²) < 4.78 is 11.3. The van der Waals surface area contributed by atoms with Gasteiger partial charge in [0.2, 0.25) is 5.91 Å². The molecule has 210 valence electrons. The summed E-state index contributed by atoms with van der Waals surface area (Å²) >= 11 is 0. The molecule has 1 aliphatic rings. The molecule has 0 aromatic heterocycles. The van der Waals surface area contributed by atoms with Gasteiger partial charge in [-0.25, -0.2) is 14.5 Å². The van der Waals surface area contributed by atoms with Crippen LogP contribution in [-0.4, -0.2) is 31.7 Å². The van der Waals surface area contributed by atoms with Crippen LogP contribution in [0.4, 0.5) is 21.0 Å². The number of hydrogen-bond acceptors (Lipinski definition) is 5. The second kappa shape index (κ2) is 11.3. The molecule has 1 heterocycles. The third-order valence-electron chi connectivity index (χ3n) is 7.02. The number of nitrogens with one attached hydrogen (secondary N) is 2. The van der Waals surface area contributed by atoms with Crippen LogP contribution in [0, 0.1) is 0 Å². The highest BCUT2D eigenvalue weighted by molar-refractivity contribution is 6.16. The summed E-state index contributed by atoms with van der Waals surface area (Å²) in [6.07, 6.45) is -0.290. The first-order valence-electron chi connectivity index (χ1n) is 13.5. The summed E-state index contributed by atoms with van der Waals surface area (Å²) in [5.41, 5.74) is 4.23. The van der Waals surface area contributed by atoms with Crippen molar-refractivity contribution in [1.82, 2.24) is 5.32 Å². The minimum Gasteiger partial charge on any atom is -0.496 e. The number of hydrogen-bond donors (Lipinski definition) is 2. The van der Waals surface area contributed by atoms with Gasteiger partial charge < -0.3 is 14.8 Å². The van der Waals surface area contributed by atoms with E-state index in [1.807, 2.05) is 78.9 Å². The Balaban J connectivity index is 1.47. The number of fused-ring (bicyclic) bond motifs is 1. The number of carbonyl (C=O) groups is 3. The molecule has 0 radical (unpaired) electrons. The second-order valence-corrected chi connectivity index (χ2v) is 11.0. The normalized spacial score (nSPS) is 13.6. The summed E-state index contributed by atoms with van der Waals surface area (Å²) in [6.45, 7) is 6.71. The van der Waals surface area contributed by atoms with Gasteiger partial charge in [0.05, 0.1) is 12.8 Å². The lowest BCUT2D eigenvalue weighted by atomic mass is 9.83. The Morgan fingerprint density at radius 2 is 1.68 bits per heavy atom. The van der Waals surface area contributed by atoms with Gasteiger partial charge in [-0.1, -0.05) is 69.3 Å². The van der Waals surface area contributed by atoms with Crippen molar-refractivity contribution < 1.29 is 23.9 Å². The number of benzene rings is 4. The first-order valence-corrected chi connectivity index (χ1v) is 13.5. The zero-order valence-corrected chi connectivity index (χ0v) is 23.6. The van der Waals surface area contributed by atoms with Crippen LogP contribution in [0.1, 0.15) is 38.3 Å². The van der Waals surface area contributed by atoms with E-state index in [1.165, 1.54) is 4.90 Å². The Morgan fingerprint density at radius 1 is 0.951 bits per heavy atom. The number of anilines is 2. The van der Waals surface area contributed by atoms with Crippen molar-refractivity contribution in [2.24, 2.45) is 0 Å². The molecular weight excluding hydrogens is 518 g/mol. The molecule has 41 heavy (non-hydrogen) atoms. The van der Waals surface area contributed by atoms with E-state index in [1.54, 1.807) is 7.11 Å². The highest BCUT2D eigenvalue weighted by Crippen LogP contribution is 2.43. The molecule has 0 unspecified atom stereocenters. The molecule has 8 nitrogen and oxygen atoms in total. The fraction of sp³-hybridized carbons (Fsp3) is 0.242. The van der Waals surface area contributed by atoms with Crippen molar-refractivity contribution in [3.8, 4) is 16.9 Å². The van der Waals surface area contributed by atoms with E-state index in [0.29, 0.717) is 23.7 Å². The molecule has 0 atom stereocenters. The van der Waals surface area contributed by atoms with Gasteiger partial charge in [-0.15, -0.1) is 0 Å². The van der Waals surface area contributed by atoms with E-state index in [0.717, 1.165) is 33.0 Å². The van der Waals surface area contributed by atoms with Crippen molar-refractivity contribution in [3.63, 3.8) is 0 Å². The van der Waals surface area contributed by atoms with Crippen LogP contribution in [0.3, 0.4) is 0 Å². The van der Waals surface area contributed by atoms with Crippen molar-refractivity contribution in [2.75, 3.05) is 23.9 Å². The van der Waals surface area contributed by atoms with Gasteiger partial charge in [0.1, 0.15) is 12.4 Å². The van der Waals surface area contributed by atoms with Gasteiger partial charge >= 0.3 is 12.1 Å². The Kier molecular flexibility index (Phi) is 7.66. The van der Waals surface area contributed by atoms with Crippen molar-refractivity contribution in [1.29, 1.82) is 0 Å². The van der Waals surface area contributed by atoms with Gasteiger partial charge in [0.15, 0.2) is 0 Å². The number of methoxy groups -OCH3 is 1. The Morgan fingerprint density at radius 3 is 2.39 bits per heavy atom. The Labute approximate surface area is 239 Å². The minimum atomic E-state index is -0.530. The standard InChI is InChI=1S/C33H33N3O5/c1-33(2,3)28-19-26(36-29(37)14-15-34-31(36)38)18-27(30(28)40-4)24-11-10-23-17-25(13-12-22(23)16-24)35-32(39)41-20-21-8-6-5-7-9-21/h5-13,16-19H,14-15,20H2,1-4H3,(H,34,38)(H,35,39). The van der Waals surface area contributed by atoms with Crippen molar-refractivity contribution in [3.05, 3.63) is 90.0 Å². The first kappa shape index (κ1) is 27.7. The molecule has 4 amide bonds. The fourth-order valence-electron chi connectivity index (χ4n) is 4.94. The SMILES string of the molecule is COc1c(-c2ccc3cc(NC(=O)OCc4ccccc4)ccc3c2)cc(N2C(=O)CCNC2=O)cc1C(C)(C)C. The topological polar surface area (TPSA) is 97.0 Å². The fourth-order valence-corrected chi connectivity index (χ4v) is 4.94. The third-order valence-corrected chi connectivity index (χ3v) is 7.02. The maximum Gasteiger partial charge on any atom is 0.411 e. The van der Waals surface area contributed by atoms with Gasteiger partial charge in [-0.2, -0.15) is 0 Å². The predicted octanol–water partition coefficient (Wildman–Crippen LogP) is 7.01. The maximum absolute atomic E-state index is 12.8. The molecule has 8 heteroatoms. The van der Waals surface area contributed by atoms with E-state index in [9.17, 15) is 14.4 Å². The van der Waals surface area contributed by atoms with E-state index in [4.69, 9.17) is 9.47 Å². The van der Waals surface area contributed by atoms with Crippen LogP contribution in [-0.2, 0) is 21.6 Å². The number of urea groups is 1. The second-order valence-electron chi connectivity index (χ2n) is 11.0. The highest BCUT2D eigenvalue weighted by atomic mass is 16.5. The molecule has 1 fully saturated rings. The molecule has 4 aromatic rings. The highest BCUT2D eigenvalue weighted by Gasteiger charge is 2.31. The van der Waals surface area contributed by atoms with E-state index < -0.39 is 12.1 Å². The quantitative estimate of drug-likeness (QED) is 0.269. The van der Waals surface area contributed by atoms with Crippen LogP contribution in [0.5, 0.6) is 5.75 Å². The van der Waals surface area contributed by atoms with Gasteiger partial charge in [0.25, 0.3) is 0 Å². The largest absolute Gasteiger partial charge is 0.496 e. The molecule has 0 bridgehead atoms. The Bertz CT molecular complexity index is 1610. The predicted molar refractivity (Wildman–Crippen MR) is 160 cm³/mol. The van der Waals surface area contributed by atoms with Crippen LogP contribution in [0.2, 0.25) is 0 Å². The summed E-state index contributed by atoms with van der Waals surface area (Å²) in [5.74, 6) is 0.440. The van der Waals surface area contributed by atoms with E-state index >= 15 is 0 Å². The molecule has 2 N–H and O–H groups in total. The molecule has 0 spiro atoms. The number of nitrogens with zero attached hydrogens (tertiary/aromatic N) is 1. The maximum atomic E-state index is 12.8. The van der Waals surface area contributed by atoms with E-state index in [-0.39, 0.29) is 24.3 Å². The lowest BCUT2D eigenvalue weighted by molar-refractivity contribution is -0.118. The number of amides is 4. The molecular formula is C33H33N3O5. The van der Waals surface area contributed by atoms with E-state index in [2.05, 4.69) is 31.4 Å².